The normalized spacial score (nSPS) is 13.5. The molecule has 0 bridgehead atoms. The molecule has 0 atom stereocenters. The van der Waals surface area contributed by atoms with E-state index in [0.29, 0.717) is 35.2 Å². The van der Waals surface area contributed by atoms with Crippen LogP contribution in [0.2, 0.25) is 0 Å². The number of nitrogens with zero attached hydrogens (tertiary/aromatic N) is 6. The second kappa shape index (κ2) is 10.6. The minimum Gasteiger partial charge on any atom is -0.475 e. The number of aromatic amines is 1. The van der Waals surface area contributed by atoms with Gasteiger partial charge in [-0.05, 0) is 43.2 Å². The largest absolute Gasteiger partial charge is 0.490 e. The van der Waals surface area contributed by atoms with Gasteiger partial charge in [0.05, 0.1) is 23.3 Å². The van der Waals surface area contributed by atoms with Gasteiger partial charge in [0.1, 0.15) is 18.0 Å². The number of para-hydroxylation sites is 2. The topological polar surface area (TPSA) is 125 Å². The van der Waals surface area contributed by atoms with E-state index in [4.69, 9.17) is 19.9 Å². The number of rotatable bonds is 5. The fraction of sp³-hybridized carbons (Fsp3) is 0.240. The number of carboxylic acids is 1. The Morgan fingerprint density at radius 2 is 1.79 bits per heavy atom. The lowest BCUT2D eigenvalue weighted by molar-refractivity contribution is -0.192. The van der Waals surface area contributed by atoms with Crippen LogP contribution in [0, 0.1) is 5.82 Å². The number of anilines is 2. The predicted octanol–water partition coefficient (Wildman–Crippen LogP) is 4.68. The first-order chi connectivity index (χ1) is 18.7. The van der Waals surface area contributed by atoms with Crippen molar-refractivity contribution in [1.82, 2.24) is 29.5 Å². The molecule has 2 aromatic carbocycles. The van der Waals surface area contributed by atoms with Gasteiger partial charge in [0.15, 0.2) is 17.0 Å². The first-order valence-electron chi connectivity index (χ1n) is 11.9. The van der Waals surface area contributed by atoms with Crippen molar-refractivity contribution in [2.75, 3.05) is 23.3 Å². The van der Waals surface area contributed by atoms with Crippen LogP contribution >= 0.6 is 0 Å². The van der Waals surface area contributed by atoms with Gasteiger partial charge >= 0.3 is 12.1 Å². The fourth-order valence-corrected chi connectivity index (χ4v) is 4.14. The molecule has 1 fully saturated rings. The second-order valence-corrected chi connectivity index (χ2v) is 8.69. The lowest BCUT2D eigenvalue weighted by atomic mass is 10.3. The molecule has 3 N–H and O–H groups in total. The molecule has 0 aliphatic carbocycles. The van der Waals surface area contributed by atoms with E-state index in [0.717, 1.165) is 42.8 Å². The van der Waals surface area contributed by atoms with Gasteiger partial charge in [-0.1, -0.05) is 18.2 Å². The summed E-state index contributed by atoms with van der Waals surface area (Å²) in [5.41, 5.74) is 3.85. The number of halogens is 4. The molecule has 0 spiro atoms. The molecule has 202 valence electrons. The van der Waals surface area contributed by atoms with Crippen LogP contribution in [0.3, 0.4) is 0 Å². The van der Waals surface area contributed by atoms with Gasteiger partial charge in [-0.25, -0.2) is 19.2 Å². The van der Waals surface area contributed by atoms with Crippen LogP contribution < -0.4 is 10.2 Å². The summed E-state index contributed by atoms with van der Waals surface area (Å²) in [6, 6.07) is 14.3. The summed E-state index contributed by atoms with van der Waals surface area (Å²) in [6.45, 7) is 2.30. The van der Waals surface area contributed by atoms with Gasteiger partial charge in [-0.15, -0.1) is 0 Å². The standard InChI is InChI=1S/C23H21FN8.C2HF3O2/c24-15-6-5-7-16(12-15)32-14-26-20-21(29-23(30-22(20)32)31-10-3-4-11-31)25-13-19-27-17-8-1-2-9-18(17)28-19;3-2(4,5)1(6)7/h1-2,5-9,12,14H,3-4,10-11,13H2,(H,27,28)(H,25,29,30);(H,6,7). The van der Waals surface area contributed by atoms with Crippen molar-refractivity contribution >= 4 is 39.9 Å². The monoisotopic (exact) mass is 542 g/mol. The fourth-order valence-electron chi connectivity index (χ4n) is 4.14. The molecule has 39 heavy (non-hydrogen) atoms. The predicted molar refractivity (Wildman–Crippen MR) is 135 cm³/mol. The van der Waals surface area contributed by atoms with Crippen LogP contribution in [0.5, 0.6) is 0 Å². The molecule has 5 aromatic rings. The van der Waals surface area contributed by atoms with Crippen molar-refractivity contribution < 1.29 is 27.5 Å². The lowest BCUT2D eigenvalue weighted by Gasteiger charge is -2.17. The third kappa shape index (κ3) is 5.73. The number of carboxylic acid groups (broad SMARTS) is 1. The van der Waals surface area contributed by atoms with Crippen molar-refractivity contribution in [2.24, 2.45) is 0 Å². The molecule has 0 unspecified atom stereocenters. The number of hydrogen-bond acceptors (Lipinski definition) is 7. The van der Waals surface area contributed by atoms with Gasteiger partial charge in [0, 0.05) is 13.1 Å². The molecule has 1 aliphatic heterocycles. The Hall–Kier alpha value is -4.75. The Bertz CT molecular complexity index is 1590. The highest BCUT2D eigenvalue weighted by Crippen LogP contribution is 2.27. The first-order valence-corrected chi connectivity index (χ1v) is 11.9. The second-order valence-electron chi connectivity index (χ2n) is 8.69. The van der Waals surface area contributed by atoms with Crippen molar-refractivity contribution in [2.45, 2.75) is 25.6 Å². The Balaban J connectivity index is 0.000000392. The number of benzene rings is 2. The minimum atomic E-state index is -5.08. The van der Waals surface area contributed by atoms with E-state index < -0.39 is 12.1 Å². The van der Waals surface area contributed by atoms with Crippen LogP contribution in [0.15, 0.2) is 54.9 Å². The summed E-state index contributed by atoms with van der Waals surface area (Å²) in [5.74, 6) is -0.966. The molecule has 3 aromatic heterocycles. The van der Waals surface area contributed by atoms with Crippen molar-refractivity contribution in [3.8, 4) is 5.69 Å². The molecule has 1 aliphatic rings. The Morgan fingerprint density at radius 3 is 2.49 bits per heavy atom. The Morgan fingerprint density at radius 1 is 1.05 bits per heavy atom. The third-order valence-corrected chi connectivity index (χ3v) is 5.96. The summed E-state index contributed by atoms with van der Waals surface area (Å²) in [7, 11) is 0. The van der Waals surface area contributed by atoms with Crippen molar-refractivity contribution in [3.63, 3.8) is 0 Å². The van der Waals surface area contributed by atoms with Crippen LogP contribution in [-0.4, -0.2) is 59.8 Å². The zero-order valence-corrected chi connectivity index (χ0v) is 20.3. The number of carbonyl (C=O) groups is 1. The van der Waals surface area contributed by atoms with E-state index >= 15 is 0 Å². The molecular weight excluding hydrogens is 520 g/mol. The van der Waals surface area contributed by atoms with Gasteiger partial charge < -0.3 is 20.3 Å². The van der Waals surface area contributed by atoms with Crippen LogP contribution in [0.4, 0.5) is 29.3 Å². The third-order valence-electron chi connectivity index (χ3n) is 5.96. The Kier molecular flexibility index (Phi) is 7.00. The van der Waals surface area contributed by atoms with E-state index in [2.05, 4.69) is 25.2 Å². The molecule has 1 saturated heterocycles. The van der Waals surface area contributed by atoms with Gasteiger partial charge in [-0.2, -0.15) is 23.1 Å². The zero-order valence-electron chi connectivity index (χ0n) is 20.3. The van der Waals surface area contributed by atoms with Gasteiger partial charge in [0.25, 0.3) is 0 Å². The molecule has 14 heteroatoms. The van der Waals surface area contributed by atoms with Crippen LogP contribution in [-0.2, 0) is 11.3 Å². The maximum Gasteiger partial charge on any atom is 0.490 e. The first kappa shape index (κ1) is 25.9. The Labute approximate surface area is 218 Å². The number of aromatic nitrogens is 6. The van der Waals surface area contributed by atoms with Gasteiger partial charge in [-0.3, -0.25) is 4.57 Å². The number of hydrogen-bond donors (Lipinski definition) is 3. The summed E-state index contributed by atoms with van der Waals surface area (Å²) in [6.07, 6.45) is -1.19. The van der Waals surface area contributed by atoms with Gasteiger partial charge in [0.2, 0.25) is 5.95 Å². The van der Waals surface area contributed by atoms with Crippen LogP contribution in [0.25, 0.3) is 27.9 Å². The SMILES string of the molecule is Fc1cccc(-n2cnc3c(NCc4nc5ccccc5[nH]4)nc(N4CCCC4)nc32)c1.O=C(O)C(F)(F)F. The molecule has 0 radical (unpaired) electrons. The molecular formula is C25H22F4N8O2. The summed E-state index contributed by atoms with van der Waals surface area (Å²) in [5, 5.41) is 10.5. The molecule has 0 saturated carbocycles. The molecule has 0 amide bonds. The van der Waals surface area contributed by atoms with E-state index in [-0.39, 0.29) is 5.82 Å². The van der Waals surface area contributed by atoms with Crippen molar-refractivity contribution in [3.05, 3.63) is 66.5 Å². The van der Waals surface area contributed by atoms with E-state index in [1.807, 2.05) is 30.3 Å². The minimum absolute atomic E-state index is 0.304. The summed E-state index contributed by atoms with van der Waals surface area (Å²) < 4.78 is 47.4. The summed E-state index contributed by atoms with van der Waals surface area (Å²) in [4.78, 5) is 33.2. The van der Waals surface area contributed by atoms with Crippen molar-refractivity contribution in [1.29, 1.82) is 0 Å². The number of alkyl halides is 3. The molecule has 4 heterocycles. The van der Waals surface area contributed by atoms with E-state index in [1.165, 1.54) is 12.1 Å². The number of imidazole rings is 2. The number of H-pyrrole nitrogens is 1. The highest BCUT2D eigenvalue weighted by Gasteiger charge is 2.38. The molecule has 6 rings (SSSR count). The maximum atomic E-state index is 13.9. The number of fused-ring (bicyclic) bond motifs is 2. The maximum absolute atomic E-state index is 13.9. The zero-order chi connectivity index (χ0) is 27.6. The highest BCUT2D eigenvalue weighted by molar-refractivity contribution is 5.85. The van der Waals surface area contributed by atoms with E-state index in [9.17, 15) is 17.6 Å². The summed E-state index contributed by atoms with van der Waals surface area (Å²) >= 11 is 0. The lowest BCUT2D eigenvalue weighted by Crippen LogP contribution is -2.21. The number of nitrogens with one attached hydrogen (secondary N) is 2. The quantitative estimate of drug-likeness (QED) is 0.274. The molecule has 10 nitrogen and oxygen atoms in total. The number of aliphatic carboxylic acids is 1. The van der Waals surface area contributed by atoms with E-state index in [1.54, 1.807) is 17.0 Å². The highest BCUT2D eigenvalue weighted by atomic mass is 19.4. The average molecular weight is 542 g/mol. The smallest absolute Gasteiger partial charge is 0.475 e. The average Bonchev–Trinajstić information content (AvgIpc) is 3.66. The van der Waals surface area contributed by atoms with Crippen LogP contribution in [0.1, 0.15) is 18.7 Å².